The van der Waals surface area contributed by atoms with Gasteiger partial charge < -0.3 is 19.7 Å². The molecule has 0 bridgehead atoms. The van der Waals surface area contributed by atoms with E-state index in [9.17, 15) is 9.59 Å². The average molecular weight is 357 g/mol. The first-order chi connectivity index (χ1) is 12.2. The highest BCUT2D eigenvalue weighted by Gasteiger charge is 2.26. The van der Waals surface area contributed by atoms with E-state index >= 15 is 0 Å². The van der Waals surface area contributed by atoms with Gasteiger partial charge in [-0.1, -0.05) is 6.07 Å². The van der Waals surface area contributed by atoms with Gasteiger partial charge in [0, 0.05) is 38.8 Å². The first-order valence-corrected chi connectivity index (χ1v) is 8.98. The Morgan fingerprint density at radius 2 is 1.77 bits per heavy atom. The lowest BCUT2D eigenvalue weighted by Gasteiger charge is -2.36. The van der Waals surface area contributed by atoms with Gasteiger partial charge in [0.25, 0.3) is 0 Å². The number of hydrogen-bond acceptors (Lipinski definition) is 3. The summed E-state index contributed by atoms with van der Waals surface area (Å²) in [6, 6.07) is 5.89. The molecule has 2 aromatic rings. The van der Waals surface area contributed by atoms with Crippen molar-refractivity contribution in [2.75, 3.05) is 26.2 Å². The normalized spacial score (nSPS) is 15.4. The highest BCUT2D eigenvalue weighted by atomic mass is 16.2. The second-order valence-corrected chi connectivity index (χ2v) is 7.90. The molecule has 1 aliphatic rings. The van der Waals surface area contributed by atoms with Gasteiger partial charge in [-0.15, -0.1) is 0 Å². The summed E-state index contributed by atoms with van der Waals surface area (Å²) >= 11 is 0. The van der Waals surface area contributed by atoms with Gasteiger partial charge in [0.1, 0.15) is 0 Å². The maximum absolute atomic E-state index is 12.6. The van der Waals surface area contributed by atoms with Crippen molar-refractivity contribution in [2.45, 2.75) is 32.7 Å². The van der Waals surface area contributed by atoms with Crippen molar-refractivity contribution in [2.24, 2.45) is 7.05 Å². The molecule has 1 aromatic heterocycles. The van der Waals surface area contributed by atoms with Crippen molar-refractivity contribution >= 4 is 23.0 Å². The molecule has 1 fully saturated rings. The Morgan fingerprint density at radius 3 is 2.42 bits per heavy atom. The number of benzene rings is 1. The second kappa shape index (κ2) is 6.97. The minimum atomic E-state index is -0.256. The Balaban J connectivity index is 1.55. The monoisotopic (exact) mass is 357 g/mol. The van der Waals surface area contributed by atoms with E-state index in [2.05, 4.69) is 10.3 Å². The number of fused-ring (bicyclic) bond motifs is 1. The Labute approximate surface area is 154 Å². The number of imidazole rings is 1. The predicted molar refractivity (Wildman–Crippen MR) is 101 cm³/mol. The van der Waals surface area contributed by atoms with Crippen LogP contribution < -0.4 is 5.32 Å². The van der Waals surface area contributed by atoms with Gasteiger partial charge >= 0.3 is 6.03 Å². The van der Waals surface area contributed by atoms with Crippen molar-refractivity contribution in [1.29, 1.82) is 0 Å². The lowest BCUT2D eigenvalue weighted by atomic mass is 10.1. The molecule has 0 unspecified atom stereocenters. The molecule has 0 aliphatic carbocycles. The number of rotatable bonds is 2. The lowest BCUT2D eigenvalue weighted by molar-refractivity contribution is -0.131. The third-order valence-corrected chi connectivity index (χ3v) is 4.55. The Kier molecular flexibility index (Phi) is 4.89. The van der Waals surface area contributed by atoms with E-state index in [0.29, 0.717) is 32.6 Å². The number of hydrogen-bond donors (Lipinski definition) is 1. The third kappa shape index (κ3) is 4.15. The van der Waals surface area contributed by atoms with Crippen LogP contribution in [0.25, 0.3) is 11.0 Å². The summed E-state index contributed by atoms with van der Waals surface area (Å²) in [5, 5.41) is 2.97. The van der Waals surface area contributed by atoms with Crippen LogP contribution in [-0.2, 0) is 18.3 Å². The zero-order valence-corrected chi connectivity index (χ0v) is 16.0. The molecule has 140 valence electrons. The van der Waals surface area contributed by atoms with Crippen molar-refractivity contribution in [3.63, 3.8) is 0 Å². The van der Waals surface area contributed by atoms with E-state index in [1.54, 1.807) is 11.2 Å². The van der Waals surface area contributed by atoms with Crippen LogP contribution in [0.15, 0.2) is 24.5 Å². The summed E-state index contributed by atoms with van der Waals surface area (Å²) in [5.41, 5.74) is 2.67. The summed E-state index contributed by atoms with van der Waals surface area (Å²) < 4.78 is 1.96. The van der Waals surface area contributed by atoms with Crippen LogP contribution in [0, 0.1) is 0 Å². The third-order valence-electron chi connectivity index (χ3n) is 4.55. The zero-order chi connectivity index (χ0) is 18.9. The van der Waals surface area contributed by atoms with Gasteiger partial charge in [0.2, 0.25) is 5.91 Å². The summed E-state index contributed by atoms with van der Waals surface area (Å²) in [6.45, 7) is 8.15. The van der Waals surface area contributed by atoms with Gasteiger partial charge in [-0.05, 0) is 38.5 Å². The van der Waals surface area contributed by atoms with E-state index in [0.717, 1.165) is 16.6 Å². The van der Waals surface area contributed by atoms with Crippen LogP contribution in [0.4, 0.5) is 4.79 Å². The van der Waals surface area contributed by atoms with E-state index in [1.807, 2.05) is 55.5 Å². The maximum Gasteiger partial charge on any atom is 0.317 e. The van der Waals surface area contributed by atoms with E-state index < -0.39 is 0 Å². The summed E-state index contributed by atoms with van der Waals surface area (Å²) in [7, 11) is 1.95. The van der Waals surface area contributed by atoms with Gasteiger partial charge in [0.15, 0.2) is 0 Å². The molecular formula is C19H27N5O2. The largest absolute Gasteiger partial charge is 0.339 e. The van der Waals surface area contributed by atoms with E-state index in [-0.39, 0.29) is 17.5 Å². The topological polar surface area (TPSA) is 70.5 Å². The molecule has 1 aromatic carbocycles. The van der Waals surface area contributed by atoms with Gasteiger partial charge in [-0.2, -0.15) is 0 Å². The molecule has 1 N–H and O–H groups in total. The first kappa shape index (κ1) is 18.2. The highest BCUT2D eigenvalue weighted by molar-refractivity contribution is 5.82. The molecule has 3 rings (SSSR count). The molecular weight excluding hydrogens is 330 g/mol. The molecule has 0 spiro atoms. The quantitative estimate of drug-likeness (QED) is 0.890. The first-order valence-electron chi connectivity index (χ1n) is 8.98. The molecule has 1 saturated heterocycles. The summed E-state index contributed by atoms with van der Waals surface area (Å²) in [5.74, 6) is 0.0937. The zero-order valence-electron chi connectivity index (χ0n) is 16.0. The van der Waals surface area contributed by atoms with E-state index in [4.69, 9.17) is 0 Å². The fourth-order valence-electron chi connectivity index (χ4n) is 3.14. The van der Waals surface area contributed by atoms with Crippen molar-refractivity contribution < 1.29 is 9.59 Å². The molecule has 0 radical (unpaired) electrons. The number of carbonyl (C=O) groups is 2. The number of urea groups is 1. The van der Waals surface area contributed by atoms with Crippen molar-refractivity contribution in [3.05, 3.63) is 30.1 Å². The van der Waals surface area contributed by atoms with Crippen LogP contribution in [0.2, 0.25) is 0 Å². The number of amides is 3. The number of nitrogens with zero attached hydrogens (tertiary/aromatic N) is 4. The molecule has 1 aliphatic heterocycles. The fraction of sp³-hybridized carbons (Fsp3) is 0.526. The lowest BCUT2D eigenvalue weighted by Crippen LogP contribution is -2.56. The van der Waals surface area contributed by atoms with Crippen molar-refractivity contribution in [3.8, 4) is 0 Å². The minimum absolute atomic E-state index is 0.0646. The highest BCUT2D eigenvalue weighted by Crippen LogP contribution is 2.15. The number of piperazine rings is 1. The van der Waals surface area contributed by atoms with Gasteiger partial charge in [-0.25, -0.2) is 9.78 Å². The molecule has 0 saturated carbocycles. The van der Waals surface area contributed by atoms with Crippen LogP contribution in [0.5, 0.6) is 0 Å². The Bertz CT molecular complexity index is 813. The number of carbonyl (C=O) groups excluding carboxylic acids is 2. The molecule has 0 atom stereocenters. The second-order valence-electron chi connectivity index (χ2n) is 7.90. The minimum Gasteiger partial charge on any atom is -0.339 e. The molecule has 2 heterocycles. The van der Waals surface area contributed by atoms with Gasteiger partial charge in [0.05, 0.1) is 23.8 Å². The summed E-state index contributed by atoms with van der Waals surface area (Å²) in [4.78, 5) is 32.8. The molecule has 7 nitrogen and oxygen atoms in total. The van der Waals surface area contributed by atoms with Gasteiger partial charge in [-0.3, -0.25) is 4.79 Å². The molecule has 26 heavy (non-hydrogen) atoms. The van der Waals surface area contributed by atoms with Crippen LogP contribution in [0.3, 0.4) is 0 Å². The molecule has 7 heteroatoms. The SMILES string of the molecule is Cn1cnc2cc(CC(=O)N3CCN(C(=O)NC(C)(C)C)CC3)ccc21. The Morgan fingerprint density at radius 1 is 1.12 bits per heavy atom. The molecule has 3 amide bonds. The maximum atomic E-state index is 12.6. The number of aromatic nitrogens is 2. The van der Waals surface area contributed by atoms with Crippen LogP contribution in [-0.4, -0.2) is 63.0 Å². The predicted octanol–water partition coefficient (Wildman–Crippen LogP) is 1.77. The van der Waals surface area contributed by atoms with Crippen LogP contribution >= 0.6 is 0 Å². The number of aryl methyl sites for hydroxylation is 1. The van der Waals surface area contributed by atoms with Crippen molar-refractivity contribution in [1.82, 2.24) is 24.7 Å². The average Bonchev–Trinajstić information content (AvgIpc) is 2.94. The van der Waals surface area contributed by atoms with E-state index in [1.165, 1.54) is 0 Å². The fourth-order valence-corrected chi connectivity index (χ4v) is 3.14. The number of nitrogens with one attached hydrogen (secondary N) is 1. The smallest absolute Gasteiger partial charge is 0.317 e. The summed E-state index contributed by atoms with van der Waals surface area (Å²) in [6.07, 6.45) is 2.14. The standard InChI is InChI=1S/C19H27N5O2/c1-19(2,3)21-18(26)24-9-7-23(8-10-24)17(25)12-14-5-6-16-15(11-14)20-13-22(16)4/h5-6,11,13H,7-10,12H2,1-4H3,(H,21,26). The Hall–Kier alpha value is -2.57. The van der Waals surface area contributed by atoms with Crippen LogP contribution in [0.1, 0.15) is 26.3 Å².